The summed E-state index contributed by atoms with van der Waals surface area (Å²) in [5.74, 6) is 0.802. The fourth-order valence-electron chi connectivity index (χ4n) is 3.97. The fourth-order valence-corrected chi connectivity index (χ4v) is 3.97. The minimum Gasteiger partial charge on any atom is -0.493 e. The summed E-state index contributed by atoms with van der Waals surface area (Å²) < 4.78 is 11.3. The SMILES string of the molecule is CCCCCCCCCCCCCCCOc1ccccc1CC(O)COc1ncnc(=O)[nH]1. The maximum absolute atomic E-state index is 11.2. The summed E-state index contributed by atoms with van der Waals surface area (Å²) >= 11 is 0. The van der Waals surface area contributed by atoms with E-state index < -0.39 is 11.8 Å². The van der Waals surface area contributed by atoms with Crippen LogP contribution < -0.4 is 15.2 Å². The number of hydrogen-bond donors (Lipinski definition) is 2. The van der Waals surface area contributed by atoms with Gasteiger partial charge in [-0.1, -0.05) is 102 Å². The molecule has 0 saturated heterocycles. The van der Waals surface area contributed by atoms with E-state index in [4.69, 9.17) is 9.47 Å². The average Bonchev–Trinajstić information content (AvgIpc) is 2.84. The summed E-state index contributed by atoms with van der Waals surface area (Å²) in [6.45, 7) is 2.97. The van der Waals surface area contributed by atoms with E-state index in [0.717, 1.165) is 24.1 Å². The molecule has 34 heavy (non-hydrogen) atoms. The Hall–Kier alpha value is -2.41. The largest absolute Gasteiger partial charge is 0.493 e. The molecule has 0 aliphatic carbocycles. The molecule has 1 heterocycles. The number of nitrogens with one attached hydrogen (secondary N) is 1. The molecule has 0 aliphatic rings. The van der Waals surface area contributed by atoms with E-state index >= 15 is 0 Å². The van der Waals surface area contributed by atoms with E-state index in [2.05, 4.69) is 21.9 Å². The van der Waals surface area contributed by atoms with Crippen LogP contribution in [0.25, 0.3) is 0 Å². The second kappa shape index (κ2) is 18.0. The highest BCUT2D eigenvalue weighted by Gasteiger charge is 2.12. The van der Waals surface area contributed by atoms with Crippen LogP contribution in [0.1, 0.15) is 96.0 Å². The van der Waals surface area contributed by atoms with Gasteiger partial charge in [0.25, 0.3) is 6.01 Å². The quantitative estimate of drug-likeness (QED) is 0.242. The molecule has 0 amide bonds. The lowest BCUT2D eigenvalue weighted by Gasteiger charge is -2.15. The number of nitrogens with zero attached hydrogens (tertiary/aromatic N) is 2. The zero-order chi connectivity index (χ0) is 24.3. The zero-order valence-electron chi connectivity index (χ0n) is 20.8. The van der Waals surface area contributed by atoms with Gasteiger partial charge in [0, 0.05) is 6.42 Å². The summed E-state index contributed by atoms with van der Waals surface area (Å²) in [5.41, 5.74) is 0.399. The van der Waals surface area contributed by atoms with Gasteiger partial charge in [-0.2, -0.15) is 9.97 Å². The van der Waals surface area contributed by atoms with E-state index in [1.54, 1.807) is 0 Å². The Kier molecular flexibility index (Phi) is 14.7. The monoisotopic (exact) mass is 473 g/mol. The molecule has 2 rings (SSSR count). The van der Waals surface area contributed by atoms with Crippen molar-refractivity contribution in [2.24, 2.45) is 0 Å². The lowest BCUT2D eigenvalue weighted by molar-refractivity contribution is 0.101. The Morgan fingerprint density at radius 3 is 2.12 bits per heavy atom. The minimum atomic E-state index is -0.750. The molecule has 0 spiro atoms. The molecule has 7 heteroatoms. The van der Waals surface area contributed by atoms with Gasteiger partial charge >= 0.3 is 5.69 Å². The van der Waals surface area contributed by atoms with Crippen LogP contribution in [0.15, 0.2) is 35.4 Å². The van der Waals surface area contributed by atoms with Crippen molar-refractivity contribution in [2.45, 2.75) is 103 Å². The molecule has 0 fully saturated rings. The number of hydrogen-bond acceptors (Lipinski definition) is 6. The second-order valence-electron chi connectivity index (χ2n) is 8.98. The first-order valence-electron chi connectivity index (χ1n) is 13.1. The smallest absolute Gasteiger partial charge is 0.350 e. The summed E-state index contributed by atoms with van der Waals surface area (Å²) in [4.78, 5) is 20.8. The van der Waals surface area contributed by atoms with E-state index in [9.17, 15) is 9.90 Å². The summed E-state index contributed by atoms with van der Waals surface area (Å²) in [6, 6.07) is 7.81. The lowest BCUT2D eigenvalue weighted by atomic mass is 10.0. The third-order valence-corrected chi connectivity index (χ3v) is 5.91. The molecule has 0 saturated carbocycles. The molecule has 1 aromatic carbocycles. The minimum absolute atomic E-state index is 0.0140. The summed E-state index contributed by atoms with van der Waals surface area (Å²) in [7, 11) is 0. The van der Waals surface area contributed by atoms with Crippen LogP contribution in [0.5, 0.6) is 11.8 Å². The molecule has 2 aromatic rings. The fraction of sp³-hybridized carbons (Fsp3) is 0.667. The van der Waals surface area contributed by atoms with Crippen molar-refractivity contribution < 1.29 is 14.6 Å². The van der Waals surface area contributed by atoms with Gasteiger partial charge in [-0.3, -0.25) is 4.98 Å². The Bertz CT molecular complexity index is 827. The molecular weight excluding hydrogens is 430 g/mol. The van der Waals surface area contributed by atoms with Crippen molar-refractivity contribution in [3.63, 3.8) is 0 Å². The number of para-hydroxylation sites is 1. The molecule has 1 aromatic heterocycles. The lowest BCUT2D eigenvalue weighted by Crippen LogP contribution is -2.22. The van der Waals surface area contributed by atoms with Gasteiger partial charge in [0.15, 0.2) is 0 Å². The first-order chi connectivity index (χ1) is 16.7. The van der Waals surface area contributed by atoms with Crippen molar-refractivity contribution in [1.29, 1.82) is 0 Å². The Morgan fingerprint density at radius 1 is 0.853 bits per heavy atom. The molecule has 0 aliphatic heterocycles. The Morgan fingerprint density at radius 2 is 1.47 bits per heavy atom. The van der Waals surface area contributed by atoms with Gasteiger partial charge in [0.2, 0.25) is 0 Å². The van der Waals surface area contributed by atoms with Crippen molar-refractivity contribution in [2.75, 3.05) is 13.2 Å². The number of rotatable bonds is 20. The number of aromatic amines is 1. The number of benzene rings is 1. The third kappa shape index (κ3) is 12.7. The van der Waals surface area contributed by atoms with E-state index in [1.807, 2.05) is 24.3 Å². The molecular formula is C27H43N3O4. The Balaban J connectivity index is 1.53. The maximum atomic E-state index is 11.2. The van der Waals surface area contributed by atoms with Gasteiger partial charge in [-0.05, 0) is 18.1 Å². The number of aromatic nitrogens is 3. The van der Waals surface area contributed by atoms with Crippen molar-refractivity contribution in [3.8, 4) is 11.8 Å². The van der Waals surface area contributed by atoms with Gasteiger partial charge in [-0.25, -0.2) is 4.79 Å². The van der Waals surface area contributed by atoms with Crippen LogP contribution in [0, 0.1) is 0 Å². The predicted molar refractivity (Wildman–Crippen MR) is 135 cm³/mol. The summed E-state index contributed by atoms with van der Waals surface area (Å²) in [6.07, 6.45) is 18.0. The second-order valence-corrected chi connectivity index (χ2v) is 8.98. The first kappa shape index (κ1) is 27.8. The zero-order valence-corrected chi connectivity index (χ0v) is 20.8. The van der Waals surface area contributed by atoms with Crippen LogP contribution in [0.2, 0.25) is 0 Å². The van der Waals surface area contributed by atoms with Crippen molar-refractivity contribution in [3.05, 3.63) is 46.6 Å². The molecule has 0 bridgehead atoms. The van der Waals surface area contributed by atoms with E-state index in [0.29, 0.717) is 13.0 Å². The third-order valence-electron chi connectivity index (χ3n) is 5.91. The van der Waals surface area contributed by atoms with Gasteiger partial charge in [-0.15, -0.1) is 0 Å². The van der Waals surface area contributed by atoms with Crippen LogP contribution in [0.4, 0.5) is 0 Å². The number of aliphatic hydroxyl groups excluding tert-OH is 1. The van der Waals surface area contributed by atoms with Crippen molar-refractivity contribution in [1.82, 2.24) is 15.0 Å². The summed E-state index contributed by atoms with van der Waals surface area (Å²) in [5, 5.41) is 10.3. The predicted octanol–water partition coefficient (Wildman–Crippen LogP) is 5.62. The molecule has 190 valence electrons. The standard InChI is InChI=1S/C27H43N3O4/c1-2-3-4-5-6-7-8-9-10-11-12-13-16-19-33-25-18-15-14-17-23(25)20-24(31)21-34-27-29-22-28-26(32)30-27/h14-15,17-18,22,24,31H,2-13,16,19-21H2,1H3,(H,28,29,30,32). The van der Waals surface area contributed by atoms with E-state index in [-0.39, 0.29) is 12.6 Å². The van der Waals surface area contributed by atoms with Crippen molar-refractivity contribution >= 4 is 0 Å². The van der Waals surface area contributed by atoms with E-state index in [1.165, 1.54) is 77.0 Å². The molecule has 7 nitrogen and oxygen atoms in total. The van der Waals surface area contributed by atoms with Crippen LogP contribution in [-0.2, 0) is 6.42 Å². The van der Waals surface area contributed by atoms with Gasteiger partial charge in [0.05, 0.1) is 12.7 Å². The van der Waals surface area contributed by atoms with Crippen LogP contribution >= 0.6 is 0 Å². The number of ether oxygens (including phenoxy) is 2. The Labute approximate surface area is 204 Å². The maximum Gasteiger partial charge on any atom is 0.350 e. The molecule has 0 radical (unpaired) electrons. The number of unbranched alkanes of at least 4 members (excludes halogenated alkanes) is 12. The highest BCUT2D eigenvalue weighted by molar-refractivity contribution is 5.33. The number of aliphatic hydroxyl groups is 1. The van der Waals surface area contributed by atoms with Gasteiger partial charge in [0.1, 0.15) is 18.7 Å². The normalized spacial score (nSPS) is 11.9. The first-order valence-corrected chi connectivity index (χ1v) is 13.1. The van der Waals surface area contributed by atoms with Gasteiger partial charge < -0.3 is 14.6 Å². The number of H-pyrrole nitrogens is 1. The molecule has 2 N–H and O–H groups in total. The van der Waals surface area contributed by atoms with Crippen LogP contribution in [-0.4, -0.2) is 39.4 Å². The topological polar surface area (TPSA) is 97.3 Å². The average molecular weight is 474 g/mol. The molecule has 1 atom stereocenters. The highest BCUT2D eigenvalue weighted by Crippen LogP contribution is 2.20. The van der Waals surface area contributed by atoms with Crippen LogP contribution in [0.3, 0.4) is 0 Å². The highest BCUT2D eigenvalue weighted by atomic mass is 16.5. The molecule has 1 unspecified atom stereocenters.